The number of nitrogen functional groups attached to an aromatic ring is 1. The first-order valence-electron chi connectivity index (χ1n) is 8.72. The van der Waals surface area contributed by atoms with Crippen molar-refractivity contribution in [2.75, 3.05) is 43.2 Å². The van der Waals surface area contributed by atoms with Crippen LogP contribution in [0, 0.1) is 5.82 Å². The first kappa shape index (κ1) is 18.4. The molecule has 2 aromatic heterocycles. The standard InChI is InChI=1S/C17H21FN6O2S/c1-27(25)23-17(2-3-17)14-9-13(11-10-20-15(19)8-12(11)18)21-16(22-14)24-4-6-26-7-5-24/h8-10,23H,2-7H2,1H3,(H2,19,20). The molecular formula is C17H21FN6O2S. The predicted molar refractivity (Wildman–Crippen MR) is 101 cm³/mol. The third-order valence-electron chi connectivity index (χ3n) is 4.74. The van der Waals surface area contributed by atoms with Gasteiger partial charge in [-0.3, -0.25) is 0 Å². The number of ether oxygens (including phenoxy) is 1. The minimum Gasteiger partial charge on any atom is -0.598 e. The number of pyridine rings is 1. The Hall–Kier alpha value is -2.01. The van der Waals surface area contributed by atoms with Gasteiger partial charge in [0.05, 0.1) is 30.2 Å². The number of nitrogens with two attached hydrogens (primary N) is 1. The van der Waals surface area contributed by atoms with Crippen molar-refractivity contribution in [2.24, 2.45) is 0 Å². The average molecular weight is 392 g/mol. The fourth-order valence-electron chi connectivity index (χ4n) is 3.17. The van der Waals surface area contributed by atoms with E-state index in [9.17, 15) is 8.94 Å². The zero-order valence-corrected chi connectivity index (χ0v) is 15.8. The summed E-state index contributed by atoms with van der Waals surface area (Å²) in [5.74, 6) is 0.134. The molecule has 0 amide bonds. The number of hydrogen-bond acceptors (Lipinski definition) is 8. The molecule has 0 spiro atoms. The second kappa shape index (κ2) is 7.19. The lowest BCUT2D eigenvalue weighted by molar-refractivity contribution is 0.122. The number of nitrogens with zero attached hydrogens (tertiary/aromatic N) is 4. The largest absolute Gasteiger partial charge is 0.598 e. The fourth-order valence-corrected chi connectivity index (χ4v) is 4.03. The molecule has 2 aromatic rings. The number of morpholine rings is 1. The van der Waals surface area contributed by atoms with Gasteiger partial charge >= 0.3 is 0 Å². The number of halogens is 1. The smallest absolute Gasteiger partial charge is 0.226 e. The van der Waals surface area contributed by atoms with Crippen LogP contribution in [0.4, 0.5) is 16.2 Å². The Balaban J connectivity index is 1.79. The third kappa shape index (κ3) is 3.84. The molecule has 8 nitrogen and oxygen atoms in total. The maximum absolute atomic E-state index is 14.5. The second-order valence-electron chi connectivity index (χ2n) is 6.77. The van der Waals surface area contributed by atoms with Crippen molar-refractivity contribution in [3.8, 4) is 11.3 Å². The van der Waals surface area contributed by atoms with Gasteiger partial charge in [0.25, 0.3) is 0 Å². The summed E-state index contributed by atoms with van der Waals surface area (Å²) in [6.07, 6.45) is 4.60. The highest BCUT2D eigenvalue weighted by atomic mass is 32.2. The summed E-state index contributed by atoms with van der Waals surface area (Å²) >= 11 is -1.19. The van der Waals surface area contributed by atoms with Gasteiger partial charge in [-0.2, -0.15) is 0 Å². The van der Waals surface area contributed by atoms with Crippen molar-refractivity contribution in [1.29, 1.82) is 0 Å². The Morgan fingerprint density at radius 2 is 2.04 bits per heavy atom. The van der Waals surface area contributed by atoms with Gasteiger partial charge in [0.2, 0.25) is 5.95 Å². The van der Waals surface area contributed by atoms with E-state index in [0.717, 1.165) is 12.8 Å². The van der Waals surface area contributed by atoms with Crippen LogP contribution in [0.15, 0.2) is 18.3 Å². The Bertz CT molecular complexity index is 842. The quantitative estimate of drug-likeness (QED) is 0.724. The molecule has 0 radical (unpaired) electrons. The highest BCUT2D eigenvalue weighted by molar-refractivity contribution is 7.88. The van der Waals surface area contributed by atoms with Crippen LogP contribution in [0.2, 0.25) is 0 Å². The van der Waals surface area contributed by atoms with Gasteiger partial charge in [-0.15, -0.1) is 4.72 Å². The monoisotopic (exact) mass is 392 g/mol. The molecular weight excluding hydrogens is 371 g/mol. The van der Waals surface area contributed by atoms with Crippen LogP contribution in [0.25, 0.3) is 11.3 Å². The minimum absolute atomic E-state index is 0.112. The molecule has 4 rings (SSSR count). The number of hydrogen-bond donors (Lipinski definition) is 2. The van der Waals surface area contributed by atoms with Crippen LogP contribution >= 0.6 is 0 Å². The van der Waals surface area contributed by atoms with Gasteiger partial charge in [-0.25, -0.2) is 19.3 Å². The molecule has 1 aliphatic heterocycles. The molecule has 0 aromatic carbocycles. The first-order chi connectivity index (χ1) is 13.0. The summed E-state index contributed by atoms with van der Waals surface area (Å²) in [7, 11) is 0. The molecule has 144 valence electrons. The molecule has 27 heavy (non-hydrogen) atoms. The van der Waals surface area contributed by atoms with E-state index >= 15 is 0 Å². The van der Waals surface area contributed by atoms with E-state index in [4.69, 9.17) is 15.5 Å². The van der Waals surface area contributed by atoms with Crippen molar-refractivity contribution >= 4 is 23.1 Å². The van der Waals surface area contributed by atoms with E-state index in [2.05, 4.69) is 14.7 Å². The molecule has 3 N–H and O–H groups in total. The van der Waals surface area contributed by atoms with Crippen LogP contribution in [0.3, 0.4) is 0 Å². The zero-order chi connectivity index (χ0) is 19.0. The summed E-state index contributed by atoms with van der Waals surface area (Å²) < 4.78 is 34.7. The zero-order valence-electron chi connectivity index (χ0n) is 14.9. The molecule has 2 fully saturated rings. The van der Waals surface area contributed by atoms with Crippen molar-refractivity contribution in [3.63, 3.8) is 0 Å². The van der Waals surface area contributed by atoms with Crippen molar-refractivity contribution in [3.05, 3.63) is 29.8 Å². The second-order valence-corrected chi connectivity index (χ2v) is 7.88. The molecule has 2 aliphatic rings. The van der Waals surface area contributed by atoms with E-state index < -0.39 is 22.7 Å². The fraction of sp³-hybridized carbons (Fsp3) is 0.471. The highest BCUT2D eigenvalue weighted by Gasteiger charge is 2.49. The summed E-state index contributed by atoms with van der Waals surface area (Å²) in [5.41, 5.74) is 6.50. The van der Waals surface area contributed by atoms with Crippen LogP contribution in [-0.4, -0.2) is 52.1 Å². The van der Waals surface area contributed by atoms with Gasteiger partial charge in [0.15, 0.2) is 0 Å². The lowest BCUT2D eigenvalue weighted by atomic mass is 10.1. The molecule has 1 aliphatic carbocycles. The molecule has 0 bridgehead atoms. The molecule has 10 heteroatoms. The minimum atomic E-state index is -1.19. The van der Waals surface area contributed by atoms with Crippen LogP contribution in [0.5, 0.6) is 0 Å². The molecule has 1 unspecified atom stereocenters. The maximum atomic E-state index is 14.5. The number of anilines is 2. The topological polar surface area (TPSA) is 112 Å². The Morgan fingerprint density at radius 1 is 1.30 bits per heavy atom. The van der Waals surface area contributed by atoms with Gasteiger partial charge in [0.1, 0.15) is 23.4 Å². The summed E-state index contributed by atoms with van der Waals surface area (Å²) in [6.45, 7) is 2.49. The Labute approximate surface area is 159 Å². The van der Waals surface area contributed by atoms with E-state index in [1.165, 1.54) is 12.3 Å². The van der Waals surface area contributed by atoms with Crippen LogP contribution in [0.1, 0.15) is 18.5 Å². The van der Waals surface area contributed by atoms with Crippen molar-refractivity contribution < 1.29 is 13.7 Å². The number of rotatable bonds is 5. The average Bonchev–Trinajstić information content (AvgIpc) is 3.42. The van der Waals surface area contributed by atoms with Crippen LogP contribution in [-0.2, 0) is 21.6 Å². The highest BCUT2D eigenvalue weighted by Crippen LogP contribution is 2.46. The van der Waals surface area contributed by atoms with Gasteiger partial charge in [-0.05, 0) is 18.9 Å². The van der Waals surface area contributed by atoms with Gasteiger partial charge in [-0.1, -0.05) is 0 Å². The lowest BCUT2D eigenvalue weighted by Gasteiger charge is -2.28. The predicted octanol–water partition coefficient (Wildman–Crippen LogP) is 0.969. The van der Waals surface area contributed by atoms with E-state index in [-0.39, 0.29) is 11.4 Å². The summed E-state index contributed by atoms with van der Waals surface area (Å²) in [4.78, 5) is 15.3. The lowest BCUT2D eigenvalue weighted by Crippen LogP contribution is -2.39. The third-order valence-corrected chi connectivity index (χ3v) is 5.42. The summed E-state index contributed by atoms with van der Waals surface area (Å²) in [5, 5.41) is 0. The summed E-state index contributed by atoms with van der Waals surface area (Å²) in [6, 6.07) is 2.92. The van der Waals surface area contributed by atoms with E-state index in [1.807, 2.05) is 4.90 Å². The number of aromatic nitrogens is 3. The first-order valence-corrected chi connectivity index (χ1v) is 10.3. The van der Waals surface area contributed by atoms with E-state index in [1.54, 1.807) is 12.3 Å². The van der Waals surface area contributed by atoms with Crippen LogP contribution < -0.4 is 15.4 Å². The Kier molecular flexibility index (Phi) is 4.89. The van der Waals surface area contributed by atoms with Gasteiger partial charge < -0.3 is 19.9 Å². The van der Waals surface area contributed by atoms with Crippen molar-refractivity contribution in [1.82, 2.24) is 19.7 Å². The molecule has 1 saturated heterocycles. The molecule has 1 saturated carbocycles. The van der Waals surface area contributed by atoms with Crippen molar-refractivity contribution in [2.45, 2.75) is 18.4 Å². The SMILES string of the molecule is C[S+]([O-])NC1(c2cc(-c3cnc(N)cc3F)nc(N3CCOCC3)n2)CC1. The van der Waals surface area contributed by atoms with E-state index in [0.29, 0.717) is 43.6 Å². The molecule has 3 heterocycles. The normalized spacial score (nSPS) is 19.7. The Morgan fingerprint density at radius 3 is 2.67 bits per heavy atom. The van der Waals surface area contributed by atoms with Gasteiger partial charge in [0, 0.05) is 36.7 Å². The number of nitrogens with one attached hydrogen (secondary N) is 1. The molecule has 1 atom stereocenters. The maximum Gasteiger partial charge on any atom is 0.226 e.